The number of nitrogens with one attached hydrogen (secondary N) is 1. The molecule has 0 aliphatic carbocycles. The maximum atomic E-state index is 12.7. The van der Waals surface area contributed by atoms with E-state index in [4.69, 9.17) is 4.74 Å². The van der Waals surface area contributed by atoms with E-state index in [-0.39, 0.29) is 30.6 Å². The topological polar surface area (TPSA) is 95.9 Å². The number of nitrogens with zero attached hydrogens (tertiary/aromatic N) is 1. The van der Waals surface area contributed by atoms with Crippen molar-refractivity contribution in [2.75, 3.05) is 19.7 Å². The first-order chi connectivity index (χ1) is 18.3. The van der Waals surface area contributed by atoms with Gasteiger partial charge in [-0.15, -0.1) is 0 Å². The molecule has 2 aromatic rings. The van der Waals surface area contributed by atoms with E-state index < -0.39 is 12.0 Å². The third-order valence-corrected chi connectivity index (χ3v) is 7.22. The molecular formula is C31H40N2O5. The highest BCUT2D eigenvalue weighted by Crippen LogP contribution is 2.22. The van der Waals surface area contributed by atoms with E-state index in [1.807, 2.05) is 80.3 Å². The Kier molecular flexibility index (Phi) is 10.9. The lowest BCUT2D eigenvalue weighted by Crippen LogP contribution is -2.44. The minimum Gasteiger partial charge on any atom is -0.494 e. The van der Waals surface area contributed by atoms with Crippen LogP contribution in [0.4, 0.5) is 0 Å². The number of likely N-dealkylation sites (tertiary alicyclic amines) is 1. The normalized spacial score (nSPS) is 15.1. The number of aryl methyl sites for hydroxylation is 1. The number of piperidine rings is 1. The number of hydrogen-bond acceptors (Lipinski definition) is 4. The predicted molar refractivity (Wildman–Crippen MR) is 149 cm³/mol. The van der Waals surface area contributed by atoms with Crippen LogP contribution in [0.1, 0.15) is 63.1 Å². The van der Waals surface area contributed by atoms with Crippen LogP contribution in [-0.4, -0.2) is 53.5 Å². The number of carbonyl (C=O) groups excluding carboxylic acids is 2. The van der Waals surface area contributed by atoms with Crippen LogP contribution in [0.5, 0.6) is 5.75 Å². The van der Waals surface area contributed by atoms with Gasteiger partial charge in [0.1, 0.15) is 11.8 Å². The zero-order chi connectivity index (χ0) is 27.5. The largest absolute Gasteiger partial charge is 0.494 e. The average Bonchev–Trinajstić information content (AvgIpc) is 2.92. The molecule has 2 N–H and O–H groups in total. The number of hydrogen-bond donors (Lipinski definition) is 2. The van der Waals surface area contributed by atoms with Crippen molar-refractivity contribution in [2.24, 2.45) is 5.92 Å². The van der Waals surface area contributed by atoms with E-state index in [2.05, 4.69) is 5.32 Å². The van der Waals surface area contributed by atoms with Crippen molar-refractivity contribution in [3.63, 3.8) is 0 Å². The number of allylic oxidation sites excluding steroid dienone is 2. The van der Waals surface area contributed by atoms with E-state index in [1.54, 1.807) is 0 Å². The first-order valence-electron chi connectivity index (χ1n) is 13.5. The maximum Gasteiger partial charge on any atom is 0.326 e. The summed E-state index contributed by atoms with van der Waals surface area (Å²) in [5.41, 5.74) is 4.21. The fourth-order valence-electron chi connectivity index (χ4n) is 4.74. The summed E-state index contributed by atoms with van der Waals surface area (Å²) in [6, 6.07) is 14.6. The summed E-state index contributed by atoms with van der Waals surface area (Å²) in [4.78, 5) is 39.0. The molecule has 0 spiro atoms. The summed E-state index contributed by atoms with van der Waals surface area (Å²) in [5.74, 6) is -0.192. The van der Waals surface area contributed by atoms with Gasteiger partial charge in [0.25, 0.3) is 0 Å². The average molecular weight is 521 g/mol. The van der Waals surface area contributed by atoms with Gasteiger partial charge in [-0.3, -0.25) is 9.59 Å². The molecule has 1 aliphatic heterocycles. The smallest absolute Gasteiger partial charge is 0.326 e. The minimum absolute atomic E-state index is 0.128. The van der Waals surface area contributed by atoms with Crippen LogP contribution in [0.15, 0.2) is 54.6 Å². The number of ether oxygens (including phenoxy) is 1. The Morgan fingerprint density at radius 3 is 2.26 bits per heavy atom. The Hall–Kier alpha value is -3.61. The third-order valence-electron chi connectivity index (χ3n) is 7.22. The van der Waals surface area contributed by atoms with Gasteiger partial charge in [-0.1, -0.05) is 42.5 Å². The fraction of sp³-hybridized carbons (Fsp3) is 0.452. The monoisotopic (exact) mass is 520 g/mol. The lowest BCUT2D eigenvalue weighted by atomic mass is 9.92. The van der Waals surface area contributed by atoms with E-state index in [0.29, 0.717) is 32.5 Å². The number of amides is 2. The summed E-state index contributed by atoms with van der Waals surface area (Å²) in [6.07, 6.45) is 5.15. The lowest BCUT2D eigenvalue weighted by molar-refractivity contribution is -0.142. The molecule has 1 heterocycles. The number of benzene rings is 2. The second-order valence-corrected chi connectivity index (χ2v) is 9.94. The molecule has 2 aromatic carbocycles. The van der Waals surface area contributed by atoms with Crippen LogP contribution >= 0.6 is 0 Å². The van der Waals surface area contributed by atoms with Gasteiger partial charge >= 0.3 is 5.97 Å². The molecule has 7 heteroatoms. The Labute approximate surface area is 225 Å². The van der Waals surface area contributed by atoms with Crippen molar-refractivity contribution in [3.05, 3.63) is 71.3 Å². The summed E-state index contributed by atoms with van der Waals surface area (Å²) >= 11 is 0. The molecule has 0 saturated carbocycles. The van der Waals surface area contributed by atoms with Crippen molar-refractivity contribution in [1.29, 1.82) is 0 Å². The van der Waals surface area contributed by atoms with Gasteiger partial charge < -0.3 is 20.1 Å². The molecule has 38 heavy (non-hydrogen) atoms. The summed E-state index contributed by atoms with van der Waals surface area (Å²) in [5, 5.41) is 12.4. The van der Waals surface area contributed by atoms with Gasteiger partial charge in [-0.05, 0) is 80.3 Å². The molecule has 0 aromatic heterocycles. The van der Waals surface area contributed by atoms with Crippen molar-refractivity contribution in [2.45, 2.75) is 65.3 Å². The van der Waals surface area contributed by atoms with Gasteiger partial charge in [-0.2, -0.15) is 0 Å². The number of aliphatic carboxylic acids is 1. The molecular weight excluding hydrogens is 480 g/mol. The zero-order valence-corrected chi connectivity index (χ0v) is 22.7. The molecule has 1 aliphatic rings. The quantitative estimate of drug-likeness (QED) is 0.416. The summed E-state index contributed by atoms with van der Waals surface area (Å²) < 4.78 is 5.46. The first-order valence-corrected chi connectivity index (χ1v) is 13.5. The first kappa shape index (κ1) is 29.0. The SMILES string of the molecule is C/C=C(\C)c1ccc(CC(NC(=O)CC2CCN(C(=O)CCc3ccc(OCC)cc3)CC2)C(=O)O)cc1. The second-order valence-electron chi connectivity index (χ2n) is 9.94. The molecule has 1 saturated heterocycles. The van der Waals surface area contributed by atoms with Gasteiger partial charge in [0.15, 0.2) is 0 Å². The predicted octanol–water partition coefficient (Wildman–Crippen LogP) is 4.88. The van der Waals surface area contributed by atoms with Crippen molar-refractivity contribution in [3.8, 4) is 5.75 Å². The van der Waals surface area contributed by atoms with E-state index in [1.165, 1.54) is 0 Å². The molecule has 1 unspecified atom stereocenters. The number of carboxylic acid groups (broad SMARTS) is 1. The molecule has 1 atom stereocenters. The molecule has 1 fully saturated rings. The molecule has 204 valence electrons. The van der Waals surface area contributed by atoms with E-state index in [9.17, 15) is 19.5 Å². The van der Waals surface area contributed by atoms with E-state index >= 15 is 0 Å². The Morgan fingerprint density at radius 1 is 1.05 bits per heavy atom. The second kappa shape index (κ2) is 14.4. The minimum atomic E-state index is -1.04. The third kappa shape index (κ3) is 8.75. The number of carboxylic acids is 1. The van der Waals surface area contributed by atoms with Gasteiger partial charge in [-0.25, -0.2) is 4.79 Å². The van der Waals surface area contributed by atoms with Crippen molar-refractivity contribution in [1.82, 2.24) is 10.2 Å². The summed E-state index contributed by atoms with van der Waals surface area (Å²) in [7, 11) is 0. The number of carbonyl (C=O) groups is 3. The van der Waals surface area contributed by atoms with Crippen LogP contribution in [0.3, 0.4) is 0 Å². The van der Waals surface area contributed by atoms with Crippen LogP contribution in [-0.2, 0) is 27.2 Å². The summed E-state index contributed by atoms with van der Waals surface area (Å²) in [6.45, 7) is 7.83. The van der Waals surface area contributed by atoms with E-state index in [0.717, 1.165) is 40.9 Å². The van der Waals surface area contributed by atoms with Crippen LogP contribution in [0, 0.1) is 5.92 Å². The molecule has 7 nitrogen and oxygen atoms in total. The highest BCUT2D eigenvalue weighted by atomic mass is 16.5. The van der Waals surface area contributed by atoms with Crippen LogP contribution in [0.25, 0.3) is 5.57 Å². The molecule has 0 bridgehead atoms. The standard InChI is InChI=1S/C31H40N2O5/c1-4-22(3)26-11-6-24(7-12-26)20-28(31(36)37)32-29(34)21-25-16-18-33(19-17-25)30(35)15-10-23-8-13-27(14-9-23)38-5-2/h4,6-9,11-14,25,28H,5,10,15-21H2,1-3H3,(H,32,34)(H,36,37)/b22-4+. The highest BCUT2D eigenvalue weighted by molar-refractivity contribution is 5.84. The lowest BCUT2D eigenvalue weighted by Gasteiger charge is -2.32. The van der Waals surface area contributed by atoms with Gasteiger partial charge in [0.2, 0.25) is 11.8 Å². The van der Waals surface area contributed by atoms with Crippen LogP contribution in [0.2, 0.25) is 0 Å². The zero-order valence-electron chi connectivity index (χ0n) is 22.7. The fourth-order valence-corrected chi connectivity index (χ4v) is 4.74. The molecule has 0 radical (unpaired) electrons. The molecule has 2 amide bonds. The Balaban J connectivity index is 1.41. The maximum absolute atomic E-state index is 12.7. The van der Waals surface area contributed by atoms with Crippen molar-refractivity contribution >= 4 is 23.4 Å². The highest BCUT2D eigenvalue weighted by Gasteiger charge is 2.26. The molecule has 3 rings (SSSR count). The Bertz CT molecular complexity index is 1100. The van der Waals surface area contributed by atoms with Crippen LogP contribution < -0.4 is 10.1 Å². The number of rotatable bonds is 12. The van der Waals surface area contributed by atoms with Gasteiger partial charge in [0, 0.05) is 32.4 Å². The van der Waals surface area contributed by atoms with Crippen molar-refractivity contribution < 1.29 is 24.2 Å². The Morgan fingerprint density at radius 2 is 1.68 bits per heavy atom. The van der Waals surface area contributed by atoms with Gasteiger partial charge in [0.05, 0.1) is 6.61 Å².